The first kappa shape index (κ1) is 20.3. The molecule has 0 fully saturated rings. The summed E-state index contributed by atoms with van der Waals surface area (Å²) in [7, 11) is -1.76. The summed E-state index contributed by atoms with van der Waals surface area (Å²) in [5.74, 6) is 0.406. The zero-order chi connectivity index (χ0) is 20.1. The van der Waals surface area contributed by atoms with E-state index in [1.54, 1.807) is 47.5 Å². The third-order valence-electron chi connectivity index (χ3n) is 3.67. The van der Waals surface area contributed by atoms with Gasteiger partial charge >= 0.3 is 0 Å². The van der Waals surface area contributed by atoms with E-state index in [9.17, 15) is 13.2 Å². The lowest BCUT2D eigenvalue weighted by atomic mass is 10.3. The van der Waals surface area contributed by atoms with Gasteiger partial charge in [0, 0.05) is 18.6 Å². The Morgan fingerprint density at radius 1 is 1.29 bits per heavy atom. The largest absolute Gasteiger partial charge is 0.308 e. The first-order chi connectivity index (χ1) is 13.3. The molecule has 0 atom stereocenters. The molecule has 2 heterocycles. The number of rotatable bonds is 8. The summed E-state index contributed by atoms with van der Waals surface area (Å²) in [6, 6.07) is 8.79. The van der Waals surface area contributed by atoms with E-state index in [1.807, 2.05) is 6.07 Å². The predicted octanol–water partition coefficient (Wildman–Crippen LogP) is 1.97. The third kappa shape index (κ3) is 5.09. The average Bonchev–Trinajstić information content (AvgIpc) is 3.28. The van der Waals surface area contributed by atoms with Crippen molar-refractivity contribution in [3.8, 4) is 0 Å². The fourth-order valence-corrected chi connectivity index (χ4v) is 4.43. The van der Waals surface area contributed by atoms with Gasteiger partial charge < -0.3 is 9.88 Å². The molecule has 0 aliphatic carbocycles. The first-order valence-electron chi connectivity index (χ1n) is 8.08. The maximum atomic E-state index is 12.2. The van der Waals surface area contributed by atoms with Gasteiger partial charge in [0.05, 0.1) is 24.2 Å². The van der Waals surface area contributed by atoms with Gasteiger partial charge in [0.1, 0.15) is 0 Å². The van der Waals surface area contributed by atoms with Gasteiger partial charge in [-0.1, -0.05) is 30.0 Å². The summed E-state index contributed by atoms with van der Waals surface area (Å²) in [5, 5.41) is 13.7. The molecule has 12 heteroatoms. The molecule has 3 rings (SSSR count). The molecule has 0 spiro atoms. The number of nitrogens with zero attached hydrogens (tertiary/aromatic N) is 5. The van der Waals surface area contributed by atoms with Crippen molar-refractivity contribution in [3.05, 3.63) is 47.7 Å². The van der Waals surface area contributed by atoms with Crippen molar-refractivity contribution >= 4 is 49.8 Å². The van der Waals surface area contributed by atoms with Crippen LogP contribution < -0.4 is 9.62 Å². The molecule has 9 nitrogen and oxygen atoms in total. The van der Waals surface area contributed by atoms with E-state index in [1.165, 1.54) is 27.4 Å². The molecule has 1 aromatic carbocycles. The summed E-state index contributed by atoms with van der Waals surface area (Å²) in [5.41, 5.74) is 0.546. The molecular weight excluding hydrogens is 420 g/mol. The summed E-state index contributed by atoms with van der Waals surface area (Å²) in [6.07, 6.45) is 2.76. The highest BCUT2D eigenvalue weighted by Crippen LogP contribution is 2.22. The number of hydrogen-bond acceptors (Lipinski definition) is 8. The van der Waals surface area contributed by atoms with Gasteiger partial charge in [-0.3, -0.25) is 9.10 Å². The van der Waals surface area contributed by atoms with E-state index >= 15 is 0 Å². The van der Waals surface area contributed by atoms with Crippen molar-refractivity contribution < 1.29 is 13.2 Å². The van der Waals surface area contributed by atoms with Gasteiger partial charge in [-0.25, -0.2) is 13.4 Å². The molecular formula is C16H18N6O3S3. The molecule has 28 heavy (non-hydrogen) atoms. The minimum atomic E-state index is -3.50. The van der Waals surface area contributed by atoms with Crippen LogP contribution >= 0.6 is 23.1 Å². The fraction of sp³-hybridized carbons (Fsp3) is 0.250. The van der Waals surface area contributed by atoms with Crippen molar-refractivity contribution in [1.82, 2.24) is 19.7 Å². The standard InChI is InChI=1S/C16H18N6O3S3/c1-21-13(10-22(28(2,24)25)12-6-4-3-5-7-12)19-20-16(21)27-11-14(23)18-15-17-8-9-26-15/h3-9H,10-11H2,1-2H3,(H,17,18,23). The van der Waals surface area contributed by atoms with Crippen LogP contribution in [0.3, 0.4) is 0 Å². The number of anilines is 2. The van der Waals surface area contributed by atoms with Crippen LogP contribution in [0.25, 0.3) is 0 Å². The lowest BCUT2D eigenvalue weighted by molar-refractivity contribution is -0.113. The van der Waals surface area contributed by atoms with E-state index in [4.69, 9.17) is 0 Å². The van der Waals surface area contributed by atoms with Crippen LogP contribution in [0.2, 0.25) is 0 Å². The molecule has 3 aromatic rings. The number of para-hydroxylation sites is 1. The fourth-order valence-electron chi connectivity index (χ4n) is 2.30. The van der Waals surface area contributed by atoms with Gasteiger partial charge in [0.25, 0.3) is 0 Å². The van der Waals surface area contributed by atoms with Crippen LogP contribution in [0.4, 0.5) is 10.8 Å². The highest BCUT2D eigenvalue weighted by molar-refractivity contribution is 7.99. The highest BCUT2D eigenvalue weighted by Gasteiger charge is 2.21. The van der Waals surface area contributed by atoms with Crippen molar-refractivity contribution in [2.24, 2.45) is 7.05 Å². The molecule has 0 radical (unpaired) electrons. The molecule has 0 aliphatic rings. The van der Waals surface area contributed by atoms with Crippen LogP contribution in [0.5, 0.6) is 0 Å². The van der Waals surface area contributed by atoms with E-state index < -0.39 is 10.0 Å². The van der Waals surface area contributed by atoms with E-state index in [-0.39, 0.29) is 18.2 Å². The van der Waals surface area contributed by atoms with Crippen LogP contribution in [-0.2, 0) is 28.4 Å². The Bertz CT molecular complexity index is 1040. The van der Waals surface area contributed by atoms with Crippen molar-refractivity contribution in [3.63, 3.8) is 0 Å². The smallest absolute Gasteiger partial charge is 0.236 e. The van der Waals surface area contributed by atoms with Crippen LogP contribution in [0, 0.1) is 0 Å². The molecule has 0 saturated carbocycles. The maximum absolute atomic E-state index is 12.2. The normalized spacial score (nSPS) is 11.4. The molecule has 0 unspecified atom stereocenters. The third-order valence-corrected chi connectivity index (χ3v) is 6.51. The lowest BCUT2D eigenvalue weighted by Gasteiger charge is -2.21. The number of nitrogens with one attached hydrogen (secondary N) is 1. The van der Waals surface area contributed by atoms with Gasteiger partial charge in [-0.05, 0) is 12.1 Å². The van der Waals surface area contributed by atoms with Gasteiger partial charge in [-0.2, -0.15) is 0 Å². The van der Waals surface area contributed by atoms with Gasteiger partial charge in [-0.15, -0.1) is 21.5 Å². The Hall–Kier alpha value is -2.44. The Labute approximate surface area is 170 Å². The summed E-state index contributed by atoms with van der Waals surface area (Å²) < 4.78 is 27.4. The summed E-state index contributed by atoms with van der Waals surface area (Å²) >= 11 is 2.55. The van der Waals surface area contributed by atoms with E-state index in [2.05, 4.69) is 20.5 Å². The topological polar surface area (TPSA) is 110 Å². The number of carbonyl (C=O) groups is 1. The lowest BCUT2D eigenvalue weighted by Crippen LogP contribution is -2.30. The van der Waals surface area contributed by atoms with E-state index in [0.29, 0.717) is 21.8 Å². The molecule has 2 aromatic heterocycles. The molecule has 0 bridgehead atoms. The maximum Gasteiger partial charge on any atom is 0.236 e. The Morgan fingerprint density at radius 3 is 2.68 bits per heavy atom. The number of sulfonamides is 1. The second-order valence-electron chi connectivity index (χ2n) is 5.74. The SMILES string of the molecule is Cn1c(CN(c2ccccc2)S(C)(=O)=O)nnc1SCC(=O)Nc1nccs1. The average molecular weight is 439 g/mol. The number of carbonyl (C=O) groups excluding carboxylic acids is 1. The molecule has 1 amide bonds. The van der Waals surface area contributed by atoms with Crippen LogP contribution in [0.1, 0.15) is 5.82 Å². The molecule has 0 saturated heterocycles. The van der Waals surface area contributed by atoms with Gasteiger partial charge in [0.2, 0.25) is 15.9 Å². The van der Waals surface area contributed by atoms with E-state index in [0.717, 1.165) is 6.26 Å². The Kier molecular flexibility index (Phi) is 6.31. The van der Waals surface area contributed by atoms with Crippen molar-refractivity contribution in [2.45, 2.75) is 11.7 Å². The van der Waals surface area contributed by atoms with Gasteiger partial charge in [0.15, 0.2) is 16.1 Å². The predicted molar refractivity (Wildman–Crippen MR) is 110 cm³/mol. The zero-order valence-electron chi connectivity index (χ0n) is 15.1. The van der Waals surface area contributed by atoms with Crippen LogP contribution in [-0.4, -0.2) is 46.1 Å². The number of hydrogen-bond donors (Lipinski definition) is 1. The number of benzene rings is 1. The number of thioether (sulfide) groups is 1. The molecule has 1 N–H and O–H groups in total. The Morgan fingerprint density at radius 2 is 2.04 bits per heavy atom. The molecule has 0 aliphatic heterocycles. The minimum absolute atomic E-state index is 0.0399. The number of aromatic nitrogens is 4. The molecule has 148 valence electrons. The van der Waals surface area contributed by atoms with Crippen LogP contribution in [0.15, 0.2) is 47.1 Å². The first-order valence-corrected chi connectivity index (χ1v) is 11.8. The monoisotopic (exact) mass is 438 g/mol. The summed E-state index contributed by atoms with van der Waals surface area (Å²) in [4.78, 5) is 16.0. The second kappa shape index (κ2) is 8.71. The Balaban J connectivity index is 1.68. The number of amides is 1. The summed E-state index contributed by atoms with van der Waals surface area (Å²) in [6.45, 7) is 0.0399. The quantitative estimate of drug-likeness (QED) is 0.535. The zero-order valence-corrected chi connectivity index (χ0v) is 17.6. The minimum Gasteiger partial charge on any atom is -0.308 e. The number of thiazole rings is 1. The van der Waals surface area contributed by atoms with Crippen molar-refractivity contribution in [2.75, 3.05) is 21.6 Å². The van der Waals surface area contributed by atoms with Crippen molar-refractivity contribution in [1.29, 1.82) is 0 Å². The second-order valence-corrected chi connectivity index (χ2v) is 9.48. The highest BCUT2D eigenvalue weighted by atomic mass is 32.2.